The van der Waals surface area contributed by atoms with Crippen molar-refractivity contribution in [3.63, 3.8) is 0 Å². The third-order valence-corrected chi connectivity index (χ3v) is 3.80. The molecule has 0 aliphatic rings. The van der Waals surface area contributed by atoms with Crippen molar-refractivity contribution in [3.05, 3.63) is 12.2 Å². The molecule has 0 rings (SSSR count). The first-order chi connectivity index (χ1) is 7.91. The van der Waals surface area contributed by atoms with Gasteiger partial charge in [0.25, 0.3) is 0 Å². The van der Waals surface area contributed by atoms with Gasteiger partial charge >= 0.3 is 0 Å². The molecule has 0 unspecified atom stereocenters. The largest absolute Gasteiger partial charge is 0.0928 e. The molecule has 0 aliphatic heterocycles. The Kier molecular flexibility index (Phi) is 16.4. The summed E-state index contributed by atoms with van der Waals surface area (Å²) in [5.74, 6) is 0. The minimum absolute atomic E-state index is 1.16. The number of rotatable bonds is 12. The van der Waals surface area contributed by atoms with Crippen LogP contribution in [0.25, 0.3) is 0 Å². The molecule has 0 saturated carbocycles. The molecule has 0 spiro atoms. The van der Waals surface area contributed by atoms with E-state index >= 15 is 0 Å². The fourth-order valence-corrected chi connectivity index (χ4v) is 2.45. The van der Waals surface area contributed by atoms with Gasteiger partial charge in [-0.25, -0.2) is 0 Å². The maximum atomic E-state index is 3.46. The van der Waals surface area contributed by atoms with Gasteiger partial charge in [0.2, 0.25) is 0 Å². The van der Waals surface area contributed by atoms with Gasteiger partial charge in [0.05, 0.1) is 0 Å². The molecule has 0 nitrogen and oxygen atoms in total. The Morgan fingerprint density at radius 1 is 0.500 bits per heavy atom. The van der Waals surface area contributed by atoms with Gasteiger partial charge in [-0.1, -0.05) is 69.7 Å². The summed E-state index contributed by atoms with van der Waals surface area (Å²) in [5.41, 5.74) is 0. The fourth-order valence-electron chi connectivity index (χ4n) is 1.66. The zero-order chi connectivity index (χ0) is 11.9. The summed E-state index contributed by atoms with van der Waals surface area (Å²) in [4.78, 5) is 0. The highest BCUT2D eigenvalue weighted by molar-refractivity contribution is 9.09. The Bertz CT molecular complexity index is 128. The zero-order valence-corrected chi connectivity index (χ0v) is 13.6. The molecule has 2 heteroatoms. The van der Waals surface area contributed by atoms with E-state index in [1.165, 1.54) is 64.2 Å². The van der Waals surface area contributed by atoms with E-state index in [0.717, 1.165) is 10.7 Å². The summed E-state index contributed by atoms with van der Waals surface area (Å²) in [7, 11) is 0. The minimum Gasteiger partial charge on any atom is -0.0928 e. The van der Waals surface area contributed by atoms with Gasteiger partial charge in [-0.05, 0) is 38.5 Å². The normalized spacial score (nSPS) is 11.4. The summed E-state index contributed by atoms with van der Waals surface area (Å²) in [6.45, 7) is 0. The highest BCUT2D eigenvalue weighted by Crippen LogP contribution is 2.07. The first-order valence-electron chi connectivity index (χ1n) is 6.68. The number of unbranched alkanes of at least 4 members (excludes halogenated alkanes) is 8. The monoisotopic (exact) mass is 352 g/mol. The molecular formula is C14H26Br2. The molecule has 0 aromatic rings. The maximum absolute atomic E-state index is 3.46. The van der Waals surface area contributed by atoms with Crippen molar-refractivity contribution in [1.82, 2.24) is 0 Å². The van der Waals surface area contributed by atoms with Crippen LogP contribution in [-0.2, 0) is 0 Å². The molecule has 0 radical (unpaired) electrons. The average molecular weight is 354 g/mol. The Morgan fingerprint density at radius 3 is 1.25 bits per heavy atom. The summed E-state index contributed by atoms with van der Waals surface area (Å²) in [6, 6.07) is 0. The van der Waals surface area contributed by atoms with Gasteiger partial charge in [0.15, 0.2) is 0 Å². The van der Waals surface area contributed by atoms with Crippen LogP contribution >= 0.6 is 31.9 Å². The lowest BCUT2D eigenvalue weighted by Gasteiger charge is -1.97. The lowest BCUT2D eigenvalue weighted by atomic mass is 10.1. The number of hydrogen-bond acceptors (Lipinski definition) is 0. The number of alkyl halides is 2. The average Bonchev–Trinajstić information content (AvgIpc) is 2.31. The third kappa shape index (κ3) is 14.7. The molecule has 0 heterocycles. The van der Waals surface area contributed by atoms with Crippen molar-refractivity contribution in [2.45, 2.75) is 64.2 Å². The smallest absolute Gasteiger partial charge is 0.00313 e. The molecule has 0 aromatic heterocycles. The summed E-state index contributed by atoms with van der Waals surface area (Å²) >= 11 is 6.92. The molecule has 0 N–H and O–H groups in total. The SMILES string of the molecule is BrCCCCCCC=CCCCCCCBr. The second kappa shape index (κ2) is 15.7. The van der Waals surface area contributed by atoms with Crippen molar-refractivity contribution < 1.29 is 0 Å². The standard InChI is InChI=1S/C14H26Br2/c15-13-11-9-7-5-3-1-2-4-6-8-10-12-14-16/h1-2H,3-14H2. The first-order valence-corrected chi connectivity index (χ1v) is 8.93. The maximum Gasteiger partial charge on any atom is 0.00313 e. The van der Waals surface area contributed by atoms with E-state index in [2.05, 4.69) is 44.0 Å². The van der Waals surface area contributed by atoms with Crippen LogP contribution in [-0.4, -0.2) is 10.7 Å². The van der Waals surface area contributed by atoms with Crippen LogP contribution in [0.2, 0.25) is 0 Å². The summed E-state index contributed by atoms with van der Waals surface area (Å²) in [5, 5.41) is 2.33. The van der Waals surface area contributed by atoms with Crippen LogP contribution < -0.4 is 0 Å². The molecule has 0 atom stereocenters. The van der Waals surface area contributed by atoms with Gasteiger partial charge < -0.3 is 0 Å². The highest BCUT2D eigenvalue weighted by Gasteiger charge is 1.88. The molecular weight excluding hydrogens is 328 g/mol. The van der Waals surface area contributed by atoms with Crippen LogP contribution in [0.15, 0.2) is 12.2 Å². The lowest BCUT2D eigenvalue weighted by molar-refractivity contribution is 0.670. The van der Waals surface area contributed by atoms with E-state index in [1.54, 1.807) is 0 Å². The van der Waals surface area contributed by atoms with E-state index in [0.29, 0.717) is 0 Å². The van der Waals surface area contributed by atoms with Crippen molar-refractivity contribution >= 4 is 31.9 Å². The van der Waals surface area contributed by atoms with Gasteiger partial charge in [0.1, 0.15) is 0 Å². The van der Waals surface area contributed by atoms with Crippen molar-refractivity contribution in [2.24, 2.45) is 0 Å². The Labute approximate surface area is 119 Å². The van der Waals surface area contributed by atoms with E-state index in [9.17, 15) is 0 Å². The molecule has 96 valence electrons. The van der Waals surface area contributed by atoms with E-state index in [4.69, 9.17) is 0 Å². The molecule has 0 aliphatic carbocycles. The molecule has 0 bridgehead atoms. The summed E-state index contributed by atoms with van der Waals surface area (Å²) < 4.78 is 0. The van der Waals surface area contributed by atoms with Crippen LogP contribution in [0.5, 0.6) is 0 Å². The summed E-state index contributed by atoms with van der Waals surface area (Å²) in [6.07, 6.45) is 18.2. The molecule has 0 amide bonds. The van der Waals surface area contributed by atoms with Gasteiger partial charge in [-0.3, -0.25) is 0 Å². The highest BCUT2D eigenvalue weighted by atomic mass is 79.9. The Hall–Kier alpha value is 0.700. The number of halogens is 2. The zero-order valence-electron chi connectivity index (χ0n) is 10.4. The van der Waals surface area contributed by atoms with Crippen LogP contribution in [0, 0.1) is 0 Å². The van der Waals surface area contributed by atoms with Gasteiger partial charge in [-0.2, -0.15) is 0 Å². The third-order valence-electron chi connectivity index (χ3n) is 2.68. The predicted octanol–water partition coefficient (Wildman–Crippen LogP) is 6.23. The van der Waals surface area contributed by atoms with Crippen LogP contribution in [0.3, 0.4) is 0 Å². The van der Waals surface area contributed by atoms with Crippen LogP contribution in [0.1, 0.15) is 64.2 Å². The number of allylic oxidation sites excluding steroid dienone is 2. The fraction of sp³-hybridized carbons (Fsp3) is 0.857. The van der Waals surface area contributed by atoms with Gasteiger partial charge in [0, 0.05) is 10.7 Å². The van der Waals surface area contributed by atoms with Crippen LogP contribution in [0.4, 0.5) is 0 Å². The van der Waals surface area contributed by atoms with E-state index < -0.39 is 0 Å². The predicted molar refractivity (Wildman–Crippen MR) is 82.9 cm³/mol. The van der Waals surface area contributed by atoms with Crippen molar-refractivity contribution in [2.75, 3.05) is 10.7 Å². The molecule has 16 heavy (non-hydrogen) atoms. The number of hydrogen-bond donors (Lipinski definition) is 0. The minimum atomic E-state index is 1.16. The second-order valence-electron chi connectivity index (χ2n) is 4.26. The van der Waals surface area contributed by atoms with Gasteiger partial charge in [-0.15, -0.1) is 0 Å². The molecule has 0 aromatic carbocycles. The van der Waals surface area contributed by atoms with Crippen molar-refractivity contribution in [1.29, 1.82) is 0 Å². The molecule has 0 fully saturated rings. The Morgan fingerprint density at radius 2 is 0.875 bits per heavy atom. The lowest BCUT2D eigenvalue weighted by Crippen LogP contribution is -1.79. The van der Waals surface area contributed by atoms with E-state index in [1.807, 2.05) is 0 Å². The van der Waals surface area contributed by atoms with Crippen molar-refractivity contribution in [3.8, 4) is 0 Å². The molecule has 0 saturated heterocycles. The Balaban J connectivity index is 2.98. The second-order valence-corrected chi connectivity index (χ2v) is 5.84. The first kappa shape index (κ1) is 16.7. The topological polar surface area (TPSA) is 0 Å². The quantitative estimate of drug-likeness (QED) is 0.221. The van der Waals surface area contributed by atoms with E-state index in [-0.39, 0.29) is 0 Å².